The van der Waals surface area contributed by atoms with Gasteiger partial charge in [0.05, 0.1) is 5.56 Å². The normalized spacial score (nSPS) is 13.3. The Bertz CT molecular complexity index is 608. The summed E-state index contributed by atoms with van der Waals surface area (Å²) in [5, 5.41) is 10.1. The van der Waals surface area contributed by atoms with Crippen molar-refractivity contribution in [1.82, 2.24) is 0 Å². The van der Waals surface area contributed by atoms with Gasteiger partial charge in [0.2, 0.25) is 0 Å². The average molecular weight is 349 g/mol. The van der Waals surface area contributed by atoms with Gasteiger partial charge in [-0.2, -0.15) is 13.2 Å². The molecule has 0 spiro atoms. The average Bonchev–Trinajstić information content (AvgIpc) is 2.38. The fraction of sp³-hybridized carbons (Fsp3) is 0.143. The van der Waals surface area contributed by atoms with Gasteiger partial charge in [-0.25, -0.2) is 4.39 Å². The van der Waals surface area contributed by atoms with Crippen molar-refractivity contribution in [3.8, 4) is 0 Å². The number of aliphatic hydroxyl groups is 1. The molecule has 0 heterocycles. The van der Waals surface area contributed by atoms with Crippen LogP contribution in [0.1, 0.15) is 22.8 Å². The predicted octanol–water partition coefficient (Wildman–Crippen LogP) is 4.69. The molecule has 0 saturated carbocycles. The Balaban J connectivity index is 2.43. The lowest BCUT2D eigenvalue weighted by Crippen LogP contribution is -2.08. The van der Waals surface area contributed by atoms with Crippen LogP contribution >= 0.6 is 15.9 Å². The lowest BCUT2D eigenvalue weighted by atomic mass is 9.99. The minimum Gasteiger partial charge on any atom is -0.384 e. The number of aliphatic hydroxyl groups excluding tert-OH is 1. The number of hydrogen-bond donors (Lipinski definition) is 1. The molecular weight excluding hydrogens is 340 g/mol. The molecule has 2 rings (SSSR count). The zero-order valence-electron chi connectivity index (χ0n) is 9.96. The highest BCUT2D eigenvalue weighted by atomic mass is 79.9. The number of halogens is 5. The zero-order valence-corrected chi connectivity index (χ0v) is 11.5. The van der Waals surface area contributed by atoms with E-state index in [0.717, 1.165) is 24.3 Å². The van der Waals surface area contributed by atoms with Crippen LogP contribution in [-0.4, -0.2) is 5.11 Å². The van der Waals surface area contributed by atoms with Gasteiger partial charge in [0.1, 0.15) is 11.9 Å². The minimum absolute atomic E-state index is 0.0754. The lowest BCUT2D eigenvalue weighted by Gasteiger charge is -2.16. The summed E-state index contributed by atoms with van der Waals surface area (Å²) in [6.45, 7) is 0. The number of hydrogen-bond acceptors (Lipinski definition) is 1. The molecule has 0 aliphatic carbocycles. The lowest BCUT2D eigenvalue weighted by molar-refractivity contribution is -0.137. The number of alkyl halides is 3. The summed E-state index contributed by atoms with van der Waals surface area (Å²) in [5.74, 6) is -0.482. The molecular formula is C14H9BrF4O. The quantitative estimate of drug-likeness (QED) is 0.780. The van der Waals surface area contributed by atoms with E-state index in [9.17, 15) is 22.7 Å². The van der Waals surface area contributed by atoms with Crippen molar-refractivity contribution >= 4 is 15.9 Å². The molecule has 20 heavy (non-hydrogen) atoms. The molecule has 1 unspecified atom stereocenters. The molecule has 2 aromatic rings. The van der Waals surface area contributed by atoms with Gasteiger partial charge in [0.25, 0.3) is 0 Å². The summed E-state index contributed by atoms with van der Waals surface area (Å²) in [5.41, 5.74) is -0.463. The fourth-order valence-electron chi connectivity index (χ4n) is 1.75. The van der Waals surface area contributed by atoms with E-state index in [1.165, 1.54) is 18.2 Å². The van der Waals surface area contributed by atoms with Crippen LogP contribution in [0.5, 0.6) is 0 Å². The predicted molar refractivity (Wildman–Crippen MR) is 69.6 cm³/mol. The van der Waals surface area contributed by atoms with Crippen LogP contribution in [-0.2, 0) is 6.18 Å². The van der Waals surface area contributed by atoms with Crippen molar-refractivity contribution in [2.45, 2.75) is 12.3 Å². The molecule has 1 N–H and O–H groups in total. The maximum absolute atomic E-state index is 12.8. The van der Waals surface area contributed by atoms with Gasteiger partial charge < -0.3 is 5.11 Å². The van der Waals surface area contributed by atoms with Crippen LogP contribution in [0.2, 0.25) is 0 Å². The van der Waals surface area contributed by atoms with Gasteiger partial charge in [-0.05, 0) is 41.5 Å². The van der Waals surface area contributed by atoms with Gasteiger partial charge in [-0.3, -0.25) is 0 Å². The highest BCUT2D eigenvalue weighted by Gasteiger charge is 2.31. The van der Waals surface area contributed by atoms with Crippen LogP contribution in [0.4, 0.5) is 17.6 Å². The van der Waals surface area contributed by atoms with E-state index < -0.39 is 23.7 Å². The first-order valence-corrected chi connectivity index (χ1v) is 6.38. The van der Waals surface area contributed by atoms with E-state index in [2.05, 4.69) is 15.9 Å². The van der Waals surface area contributed by atoms with E-state index in [1.807, 2.05) is 0 Å². The van der Waals surface area contributed by atoms with E-state index >= 15 is 0 Å². The molecule has 106 valence electrons. The maximum atomic E-state index is 12.8. The minimum atomic E-state index is -4.49. The van der Waals surface area contributed by atoms with Crippen LogP contribution in [0, 0.1) is 5.82 Å². The highest BCUT2D eigenvalue weighted by Crippen LogP contribution is 2.35. The summed E-state index contributed by atoms with van der Waals surface area (Å²) in [6.07, 6.45) is -5.76. The molecule has 0 radical (unpaired) electrons. The van der Waals surface area contributed by atoms with Gasteiger partial charge in [0, 0.05) is 4.47 Å². The first-order chi connectivity index (χ1) is 9.29. The molecule has 0 aliphatic rings. The van der Waals surface area contributed by atoms with Crippen LogP contribution < -0.4 is 0 Å². The first-order valence-electron chi connectivity index (χ1n) is 5.59. The van der Waals surface area contributed by atoms with E-state index in [4.69, 9.17) is 0 Å². The SMILES string of the molecule is OC(c1ccc(F)cc1)c1cc(C(F)(F)F)ccc1Br. The van der Waals surface area contributed by atoms with Crippen molar-refractivity contribution < 1.29 is 22.7 Å². The second-order valence-corrected chi connectivity index (χ2v) is 5.04. The van der Waals surface area contributed by atoms with E-state index in [1.54, 1.807) is 0 Å². The van der Waals surface area contributed by atoms with E-state index in [-0.39, 0.29) is 5.56 Å². The molecule has 1 nitrogen and oxygen atoms in total. The van der Waals surface area contributed by atoms with Crippen LogP contribution in [0.3, 0.4) is 0 Å². The second kappa shape index (κ2) is 5.54. The summed E-state index contributed by atoms with van der Waals surface area (Å²) in [7, 11) is 0. The summed E-state index contributed by atoms with van der Waals surface area (Å²) in [6, 6.07) is 7.95. The third kappa shape index (κ3) is 3.19. The fourth-order valence-corrected chi connectivity index (χ4v) is 2.22. The van der Waals surface area contributed by atoms with Crippen molar-refractivity contribution in [2.24, 2.45) is 0 Å². The van der Waals surface area contributed by atoms with Crippen molar-refractivity contribution in [3.63, 3.8) is 0 Å². The molecule has 0 fully saturated rings. The Hall–Kier alpha value is -1.40. The smallest absolute Gasteiger partial charge is 0.384 e. The summed E-state index contributed by atoms with van der Waals surface area (Å²) in [4.78, 5) is 0. The molecule has 0 bridgehead atoms. The van der Waals surface area contributed by atoms with Gasteiger partial charge in [0.15, 0.2) is 0 Å². The third-order valence-electron chi connectivity index (χ3n) is 2.80. The zero-order chi connectivity index (χ0) is 14.9. The molecule has 6 heteroatoms. The van der Waals surface area contributed by atoms with Gasteiger partial charge in [-0.15, -0.1) is 0 Å². The number of benzene rings is 2. The topological polar surface area (TPSA) is 20.2 Å². The van der Waals surface area contributed by atoms with Crippen molar-refractivity contribution in [3.05, 3.63) is 69.4 Å². The monoisotopic (exact) mass is 348 g/mol. The van der Waals surface area contributed by atoms with Gasteiger partial charge >= 0.3 is 6.18 Å². The molecule has 1 atom stereocenters. The Morgan fingerprint density at radius 2 is 1.60 bits per heavy atom. The standard InChI is InChI=1S/C14H9BrF4O/c15-12-6-3-9(14(17,18)19)7-11(12)13(20)8-1-4-10(16)5-2-8/h1-7,13,20H. The summed E-state index contributed by atoms with van der Waals surface area (Å²) < 4.78 is 51.2. The molecule has 0 amide bonds. The largest absolute Gasteiger partial charge is 0.416 e. The molecule has 0 aliphatic heterocycles. The Labute approximate surface area is 121 Å². The molecule has 0 aromatic heterocycles. The van der Waals surface area contributed by atoms with Crippen molar-refractivity contribution in [2.75, 3.05) is 0 Å². The Morgan fingerprint density at radius 3 is 2.15 bits per heavy atom. The highest BCUT2D eigenvalue weighted by molar-refractivity contribution is 9.10. The van der Waals surface area contributed by atoms with Crippen LogP contribution in [0.15, 0.2) is 46.9 Å². The van der Waals surface area contributed by atoms with Gasteiger partial charge in [-0.1, -0.05) is 28.1 Å². The Morgan fingerprint density at radius 1 is 1.00 bits per heavy atom. The molecule has 0 saturated heterocycles. The second-order valence-electron chi connectivity index (χ2n) is 4.19. The van der Waals surface area contributed by atoms with Crippen LogP contribution in [0.25, 0.3) is 0 Å². The third-order valence-corrected chi connectivity index (χ3v) is 3.53. The first kappa shape index (κ1) is 15.0. The van der Waals surface area contributed by atoms with Crippen molar-refractivity contribution in [1.29, 1.82) is 0 Å². The number of rotatable bonds is 2. The molecule has 2 aromatic carbocycles. The summed E-state index contributed by atoms with van der Waals surface area (Å²) >= 11 is 3.11. The maximum Gasteiger partial charge on any atom is 0.416 e. The van der Waals surface area contributed by atoms with E-state index in [0.29, 0.717) is 10.0 Å². The Kier molecular flexibility index (Phi) is 4.15.